The normalized spacial score (nSPS) is 15.5. The number of nitriles is 1. The van der Waals surface area contributed by atoms with Crippen molar-refractivity contribution in [1.29, 1.82) is 5.26 Å². The van der Waals surface area contributed by atoms with Crippen LogP contribution in [0, 0.1) is 17.2 Å². The first-order valence-corrected chi connectivity index (χ1v) is 8.74. The molecule has 0 amide bonds. The molecular weight excluding hydrogens is 584 g/mol. The van der Waals surface area contributed by atoms with Gasteiger partial charge in [0.2, 0.25) is 0 Å². The molecule has 5 nitrogen and oxygen atoms in total. The number of hydrogen-bond donors (Lipinski definition) is 2. The van der Waals surface area contributed by atoms with E-state index in [1.807, 2.05) is 0 Å². The summed E-state index contributed by atoms with van der Waals surface area (Å²) in [6, 6.07) is 0.589. The Morgan fingerprint density at radius 1 is 0.583 bits per heavy atom. The number of pyridine rings is 2. The molecule has 2 atom stereocenters. The third kappa shape index (κ3) is 7.26. The van der Waals surface area contributed by atoms with E-state index >= 15 is 0 Å². The van der Waals surface area contributed by atoms with Gasteiger partial charge in [0.1, 0.15) is 28.7 Å². The smallest absolute Gasteiger partial charge is 0.387 e. The molecule has 2 N–H and O–H groups in total. The fourth-order valence-corrected chi connectivity index (χ4v) is 2.75. The minimum atomic E-state index is -5.48. The summed E-state index contributed by atoms with van der Waals surface area (Å²) in [5.74, 6) is -2.52. The Kier molecular flexibility index (Phi) is 9.16. The number of alkyl halides is 12. The van der Waals surface area contributed by atoms with E-state index in [4.69, 9.17) is 0 Å². The van der Waals surface area contributed by atoms with Gasteiger partial charge in [-0.3, -0.25) is 0 Å². The van der Waals surface area contributed by atoms with Crippen LogP contribution in [0.25, 0.3) is 0 Å². The molecule has 0 bridgehead atoms. The van der Waals surface area contributed by atoms with Gasteiger partial charge in [-0.2, -0.15) is 57.9 Å². The monoisotopic (exact) mass is 591 g/mol. The third-order valence-corrected chi connectivity index (χ3v) is 4.37. The van der Waals surface area contributed by atoms with Crippen LogP contribution in [0.2, 0.25) is 0 Å². The fraction of sp³-hybridized carbons (Fsp3) is 0.389. The third-order valence-electron chi connectivity index (χ3n) is 4.37. The Morgan fingerprint density at radius 2 is 0.806 bits per heavy atom. The topological polar surface area (TPSA) is 90.0 Å². The summed E-state index contributed by atoms with van der Waals surface area (Å²) in [6.07, 6.45) is -27.4. The Morgan fingerprint density at radius 3 is 0.972 bits per heavy atom. The predicted molar refractivity (Wildman–Crippen MR) is 87.5 cm³/mol. The number of aliphatic hydroxyl groups is 2. The molecule has 0 saturated carbocycles. The molecule has 0 saturated heterocycles. The second kappa shape index (κ2) is 10.5. The van der Waals surface area contributed by atoms with E-state index in [1.54, 1.807) is 0 Å². The largest absolute Gasteiger partial charge is 0.433 e. The quantitative estimate of drug-likeness (QED) is 0.364. The van der Waals surface area contributed by atoms with Crippen LogP contribution in [0.1, 0.15) is 46.1 Å². The van der Waals surface area contributed by atoms with Crippen molar-refractivity contribution in [3.63, 3.8) is 0 Å². The van der Waals surface area contributed by atoms with Crippen molar-refractivity contribution >= 4 is 0 Å². The molecule has 0 aliphatic carbocycles. The molecule has 0 aliphatic rings. The zero-order chi connectivity index (χ0) is 27.1. The zero-order valence-corrected chi connectivity index (χ0v) is 20.0. The first-order chi connectivity index (χ1) is 15.7. The standard InChI is InChI=1S/C18H9F12N3O2.Zn/c19-15(20,21)9-1-6(2-10(32-9)16(22,23)24)13(34)8(5-31)14(35)7-3-11(17(25,26)27)33-12(4-7)18(28,29)30;/h1-4,8,13-14,34-35H;. The molecule has 2 heterocycles. The summed E-state index contributed by atoms with van der Waals surface area (Å²) < 4.78 is 156. The van der Waals surface area contributed by atoms with Crippen LogP contribution >= 0.6 is 0 Å². The summed E-state index contributed by atoms with van der Waals surface area (Å²) in [5, 5.41) is 29.7. The number of aromatic nitrogens is 2. The molecule has 2 aromatic rings. The summed E-state index contributed by atoms with van der Waals surface area (Å²) in [6.45, 7) is 0. The maximum absolute atomic E-state index is 13.0. The van der Waals surface area contributed by atoms with E-state index < -0.39 is 76.7 Å². The van der Waals surface area contributed by atoms with E-state index in [2.05, 4.69) is 9.97 Å². The van der Waals surface area contributed by atoms with Crippen LogP contribution in [0.3, 0.4) is 0 Å². The molecule has 18 heteroatoms. The molecular formula is C18H9F12N3O2Zn. The van der Waals surface area contributed by atoms with Gasteiger partial charge in [-0.1, -0.05) is 0 Å². The van der Waals surface area contributed by atoms with Gasteiger partial charge >= 0.3 is 24.7 Å². The van der Waals surface area contributed by atoms with Gasteiger partial charge in [-0.05, 0) is 35.4 Å². The van der Waals surface area contributed by atoms with Crippen LogP contribution < -0.4 is 0 Å². The van der Waals surface area contributed by atoms with Crippen molar-refractivity contribution in [2.45, 2.75) is 36.9 Å². The van der Waals surface area contributed by atoms with Gasteiger partial charge in [0, 0.05) is 19.5 Å². The number of rotatable bonds is 4. The minimum Gasteiger partial charge on any atom is -0.387 e. The Labute approximate surface area is 205 Å². The fourth-order valence-electron chi connectivity index (χ4n) is 2.75. The Bertz CT molecular complexity index is 977. The maximum Gasteiger partial charge on any atom is 0.433 e. The van der Waals surface area contributed by atoms with Gasteiger partial charge in [-0.25, -0.2) is 9.97 Å². The number of halogens is 12. The van der Waals surface area contributed by atoms with Crippen LogP contribution in [0.5, 0.6) is 0 Å². The van der Waals surface area contributed by atoms with Crippen molar-refractivity contribution in [1.82, 2.24) is 9.97 Å². The first kappa shape index (κ1) is 31.5. The molecule has 2 unspecified atom stereocenters. The van der Waals surface area contributed by atoms with Crippen molar-refractivity contribution in [3.05, 3.63) is 58.2 Å². The number of hydrogen-bond acceptors (Lipinski definition) is 5. The molecule has 0 fully saturated rings. The summed E-state index contributed by atoms with van der Waals surface area (Å²) in [4.78, 5) is 4.72. The first-order valence-electron chi connectivity index (χ1n) is 8.74. The number of nitrogens with zero attached hydrogens (tertiary/aromatic N) is 3. The van der Waals surface area contributed by atoms with E-state index in [0.717, 1.165) is 6.07 Å². The molecule has 0 radical (unpaired) electrons. The summed E-state index contributed by atoms with van der Waals surface area (Å²) >= 11 is 0. The van der Waals surface area contributed by atoms with Crippen molar-refractivity contribution in [2.75, 3.05) is 0 Å². The van der Waals surface area contributed by atoms with Crippen LogP contribution in [0.15, 0.2) is 24.3 Å². The van der Waals surface area contributed by atoms with E-state index in [1.165, 1.54) is 0 Å². The van der Waals surface area contributed by atoms with Gasteiger partial charge in [-0.15, -0.1) is 0 Å². The van der Waals surface area contributed by atoms with E-state index in [9.17, 15) is 68.2 Å². The average molecular weight is 593 g/mol. The Balaban J connectivity index is 0.00000648. The van der Waals surface area contributed by atoms with Crippen LogP contribution in [-0.2, 0) is 44.2 Å². The van der Waals surface area contributed by atoms with Crippen LogP contribution in [-0.4, -0.2) is 20.2 Å². The van der Waals surface area contributed by atoms with Crippen molar-refractivity contribution < 1.29 is 82.4 Å². The van der Waals surface area contributed by atoms with Gasteiger partial charge < -0.3 is 10.2 Å². The molecule has 0 aliphatic heterocycles. The van der Waals surface area contributed by atoms with Gasteiger partial charge in [0.25, 0.3) is 0 Å². The molecule has 0 aromatic carbocycles. The zero-order valence-electron chi connectivity index (χ0n) is 17.0. The molecule has 0 spiro atoms. The molecule has 2 aromatic heterocycles. The second-order valence-corrected chi connectivity index (χ2v) is 6.88. The van der Waals surface area contributed by atoms with Crippen LogP contribution in [0.4, 0.5) is 52.7 Å². The summed E-state index contributed by atoms with van der Waals surface area (Å²) in [5.41, 5.74) is -11.3. The molecule has 2 rings (SSSR count). The molecule has 194 valence electrons. The SMILES string of the molecule is N#CC(C(O)c1cc(C(F)(F)F)nc(C(F)(F)F)c1)C(O)c1cc(C(F)(F)F)nc(C(F)(F)F)c1.[Zn]. The van der Waals surface area contributed by atoms with E-state index in [-0.39, 0.29) is 43.7 Å². The van der Waals surface area contributed by atoms with Gasteiger partial charge in [0.05, 0.1) is 18.3 Å². The van der Waals surface area contributed by atoms with E-state index in [0.29, 0.717) is 0 Å². The Hall–Kier alpha value is -2.51. The minimum absolute atomic E-state index is 0. The molecule has 36 heavy (non-hydrogen) atoms. The van der Waals surface area contributed by atoms with Crippen molar-refractivity contribution in [2.24, 2.45) is 5.92 Å². The van der Waals surface area contributed by atoms with Gasteiger partial charge in [0.15, 0.2) is 0 Å². The average Bonchev–Trinajstić information content (AvgIpc) is 2.70. The predicted octanol–water partition coefficient (Wildman–Crippen LogP) is 5.46. The summed E-state index contributed by atoms with van der Waals surface area (Å²) in [7, 11) is 0. The van der Waals surface area contributed by atoms with Crippen molar-refractivity contribution in [3.8, 4) is 6.07 Å². The maximum atomic E-state index is 13.0. The second-order valence-electron chi connectivity index (χ2n) is 6.88. The number of aliphatic hydroxyl groups excluding tert-OH is 2.